The molecule has 102 valence electrons. The Morgan fingerprint density at radius 3 is 2.50 bits per heavy atom. The molecule has 5 nitrogen and oxygen atoms in total. The first-order valence-corrected chi connectivity index (χ1v) is 6.75. The summed E-state index contributed by atoms with van der Waals surface area (Å²) in [6, 6.07) is 6.59. The standard InChI is InChI=1S/C12H7F2N3O2S/c13-8-1-4-12(11(14)5-8)17-20(18,19)10-3-2-9(6-15)16-7-10/h1-5,7,17H. The van der Waals surface area contributed by atoms with Crippen LogP contribution in [-0.4, -0.2) is 13.4 Å². The minimum atomic E-state index is -4.06. The molecule has 0 spiro atoms. The van der Waals surface area contributed by atoms with Crippen LogP contribution in [-0.2, 0) is 10.0 Å². The second kappa shape index (κ2) is 5.22. The third-order valence-corrected chi connectivity index (χ3v) is 3.69. The van der Waals surface area contributed by atoms with Crippen molar-refractivity contribution >= 4 is 15.7 Å². The summed E-state index contributed by atoms with van der Waals surface area (Å²) in [6.07, 6.45) is 0.975. The molecule has 1 aromatic heterocycles. The largest absolute Gasteiger partial charge is 0.277 e. The molecule has 0 aliphatic rings. The fourth-order valence-electron chi connectivity index (χ4n) is 1.38. The third kappa shape index (κ3) is 2.89. The molecule has 0 fully saturated rings. The van der Waals surface area contributed by atoms with Gasteiger partial charge in [-0.2, -0.15) is 5.26 Å². The second-order valence-electron chi connectivity index (χ2n) is 3.72. The van der Waals surface area contributed by atoms with Gasteiger partial charge >= 0.3 is 0 Å². The van der Waals surface area contributed by atoms with Crippen molar-refractivity contribution in [1.29, 1.82) is 5.26 Å². The summed E-state index contributed by atoms with van der Waals surface area (Å²) in [4.78, 5) is 3.37. The minimum Gasteiger partial charge on any atom is -0.277 e. The maximum absolute atomic E-state index is 13.4. The summed E-state index contributed by atoms with van der Waals surface area (Å²) < 4.78 is 52.0. The summed E-state index contributed by atoms with van der Waals surface area (Å²) in [5.41, 5.74) is -0.326. The molecule has 0 amide bonds. The summed E-state index contributed by atoms with van der Waals surface area (Å²) in [5, 5.41) is 8.57. The Hall–Kier alpha value is -2.53. The van der Waals surface area contributed by atoms with Crippen molar-refractivity contribution in [2.24, 2.45) is 0 Å². The molecule has 0 atom stereocenters. The smallest absolute Gasteiger partial charge is 0.263 e. The number of nitrogens with one attached hydrogen (secondary N) is 1. The highest BCUT2D eigenvalue weighted by Gasteiger charge is 2.17. The molecule has 0 aliphatic carbocycles. The monoisotopic (exact) mass is 295 g/mol. The van der Waals surface area contributed by atoms with Gasteiger partial charge < -0.3 is 0 Å². The van der Waals surface area contributed by atoms with Crippen LogP contribution in [0.5, 0.6) is 0 Å². The highest BCUT2D eigenvalue weighted by atomic mass is 32.2. The maximum Gasteiger partial charge on any atom is 0.263 e. The van der Waals surface area contributed by atoms with E-state index in [-0.39, 0.29) is 16.3 Å². The van der Waals surface area contributed by atoms with Gasteiger partial charge in [0.15, 0.2) is 0 Å². The lowest BCUT2D eigenvalue weighted by atomic mass is 10.3. The Morgan fingerprint density at radius 1 is 1.20 bits per heavy atom. The Labute approximate surface area is 113 Å². The summed E-state index contributed by atoms with van der Waals surface area (Å²) >= 11 is 0. The number of rotatable bonds is 3. The van der Waals surface area contributed by atoms with Crippen molar-refractivity contribution in [3.63, 3.8) is 0 Å². The third-order valence-electron chi connectivity index (χ3n) is 2.34. The molecule has 0 saturated heterocycles. The number of nitrogens with zero attached hydrogens (tertiary/aromatic N) is 2. The fourth-order valence-corrected chi connectivity index (χ4v) is 2.39. The molecule has 20 heavy (non-hydrogen) atoms. The molecule has 8 heteroatoms. The molecule has 1 heterocycles. The quantitative estimate of drug-likeness (QED) is 0.939. The van der Waals surface area contributed by atoms with Gasteiger partial charge in [-0.1, -0.05) is 0 Å². The van der Waals surface area contributed by atoms with Crippen molar-refractivity contribution in [1.82, 2.24) is 4.98 Å². The Morgan fingerprint density at radius 2 is 1.95 bits per heavy atom. The van der Waals surface area contributed by atoms with E-state index in [0.29, 0.717) is 6.07 Å². The van der Waals surface area contributed by atoms with E-state index < -0.39 is 21.7 Å². The molecular weight excluding hydrogens is 288 g/mol. The van der Waals surface area contributed by atoms with Gasteiger partial charge in [-0.25, -0.2) is 22.2 Å². The van der Waals surface area contributed by atoms with Crippen LogP contribution < -0.4 is 4.72 Å². The molecule has 2 rings (SSSR count). The average Bonchev–Trinajstić information content (AvgIpc) is 2.42. The van der Waals surface area contributed by atoms with Crippen LogP contribution in [0.2, 0.25) is 0 Å². The van der Waals surface area contributed by atoms with Crippen LogP contribution >= 0.6 is 0 Å². The summed E-state index contributed by atoms with van der Waals surface area (Å²) in [5.74, 6) is -1.85. The van der Waals surface area contributed by atoms with Gasteiger partial charge in [0.1, 0.15) is 28.3 Å². The number of hydrogen-bond acceptors (Lipinski definition) is 4. The molecule has 1 aromatic carbocycles. The van der Waals surface area contributed by atoms with E-state index in [1.165, 1.54) is 6.07 Å². The molecule has 0 radical (unpaired) electrons. The highest BCUT2D eigenvalue weighted by molar-refractivity contribution is 7.92. The number of benzene rings is 1. The van der Waals surface area contributed by atoms with Gasteiger partial charge in [-0.3, -0.25) is 4.72 Å². The normalized spacial score (nSPS) is 10.8. The fraction of sp³-hybridized carbons (Fsp3) is 0. The first-order chi connectivity index (χ1) is 9.42. The second-order valence-corrected chi connectivity index (χ2v) is 5.40. The molecule has 1 N–H and O–H groups in total. The van der Waals surface area contributed by atoms with Crippen molar-refractivity contribution < 1.29 is 17.2 Å². The number of pyridine rings is 1. The van der Waals surface area contributed by atoms with Crippen LogP contribution in [0, 0.1) is 23.0 Å². The van der Waals surface area contributed by atoms with E-state index >= 15 is 0 Å². The predicted octanol–water partition coefficient (Wildman–Crippen LogP) is 2.03. The van der Waals surface area contributed by atoms with E-state index in [0.717, 1.165) is 24.4 Å². The van der Waals surface area contributed by atoms with E-state index in [4.69, 9.17) is 5.26 Å². The van der Waals surface area contributed by atoms with Crippen LogP contribution in [0.25, 0.3) is 0 Å². The number of hydrogen-bond donors (Lipinski definition) is 1. The van der Waals surface area contributed by atoms with Crippen LogP contribution in [0.4, 0.5) is 14.5 Å². The van der Waals surface area contributed by atoms with Crippen molar-refractivity contribution in [2.75, 3.05) is 4.72 Å². The number of anilines is 1. The highest BCUT2D eigenvalue weighted by Crippen LogP contribution is 2.19. The lowest BCUT2D eigenvalue weighted by Gasteiger charge is -2.08. The Balaban J connectivity index is 2.33. The molecule has 0 saturated carbocycles. The zero-order chi connectivity index (χ0) is 14.8. The zero-order valence-electron chi connectivity index (χ0n) is 9.84. The molecule has 0 bridgehead atoms. The SMILES string of the molecule is N#Cc1ccc(S(=O)(=O)Nc2ccc(F)cc2F)cn1. The first kappa shape index (κ1) is 13.9. The lowest BCUT2D eigenvalue weighted by molar-refractivity contribution is 0.582. The van der Waals surface area contributed by atoms with E-state index in [9.17, 15) is 17.2 Å². The summed E-state index contributed by atoms with van der Waals surface area (Å²) in [7, 11) is -4.06. The van der Waals surface area contributed by atoms with Gasteiger partial charge in [0, 0.05) is 12.3 Å². The van der Waals surface area contributed by atoms with E-state index in [1.807, 2.05) is 4.72 Å². The van der Waals surface area contributed by atoms with Crippen LogP contribution in [0.15, 0.2) is 41.4 Å². The van der Waals surface area contributed by atoms with Gasteiger partial charge in [-0.15, -0.1) is 0 Å². The van der Waals surface area contributed by atoms with Gasteiger partial charge in [0.05, 0.1) is 5.69 Å². The average molecular weight is 295 g/mol. The van der Waals surface area contributed by atoms with Crippen LogP contribution in [0.1, 0.15) is 5.69 Å². The van der Waals surface area contributed by atoms with E-state index in [2.05, 4.69) is 4.98 Å². The Bertz CT molecular complexity index is 783. The predicted molar refractivity (Wildman–Crippen MR) is 66.1 cm³/mol. The Kier molecular flexibility index (Phi) is 3.63. The summed E-state index contributed by atoms with van der Waals surface area (Å²) in [6.45, 7) is 0. The van der Waals surface area contributed by atoms with Gasteiger partial charge in [0.25, 0.3) is 10.0 Å². The minimum absolute atomic E-state index is 0.0527. The van der Waals surface area contributed by atoms with Crippen LogP contribution in [0.3, 0.4) is 0 Å². The number of halogens is 2. The van der Waals surface area contributed by atoms with Gasteiger partial charge in [0.2, 0.25) is 0 Å². The van der Waals surface area contributed by atoms with Crippen molar-refractivity contribution in [3.05, 3.63) is 53.9 Å². The number of nitriles is 1. The maximum atomic E-state index is 13.4. The topological polar surface area (TPSA) is 82.8 Å². The number of sulfonamides is 1. The van der Waals surface area contributed by atoms with Gasteiger partial charge in [-0.05, 0) is 24.3 Å². The molecule has 0 unspecified atom stereocenters. The lowest BCUT2D eigenvalue weighted by Crippen LogP contribution is -2.14. The molecule has 0 aliphatic heterocycles. The van der Waals surface area contributed by atoms with E-state index in [1.54, 1.807) is 6.07 Å². The van der Waals surface area contributed by atoms with Crippen molar-refractivity contribution in [2.45, 2.75) is 4.90 Å². The molecule has 2 aromatic rings. The number of aromatic nitrogens is 1. The van der Waals surface area contributed by atoms with Crippen molar-refractivity contribution in [3.8, 4) is 6.07 Å². The first-order valence-electron chi connectivity index (χ1n) is 5.26. The zero-order valence-corrected chi connectivity index (χ0v) is 10.7. The molecular formula is C12H7F2N3O2S.